The number of hydrogen-bond donors (Lipinski definition) is 1. The van der Waals surface area contributed by atoms with Crippen LogP contribution in [0, 0.1) is 0 Å². The molecule has 18 heavy (non-hydrogen) atoms. The van der Waals surface area contributed by atoms with Crippen LogP contribution < -0.4 is 5.32 Å². The van der Waals surface area contributed by atoms with Gasteiger partial charge in [0.2, 0.25) is 5.91 Å². The number of aromatic nitrogens is 2. The zero-order valence-corrected chi connectivity index (χ0v) is 10.3. The van der Waals surface area contributed by atoms with Crippen molar-refractivity contribution in [2.24, 2.45) is 0 Å². The zero-order valence-electron chi connectivity index (χ0n) is 10.3. The summed E-state index contributed by atoms with van der Waals surface area (Å²) < 4.78 is 11.1. The van der Waals surface area contributed by atoms with Crippen LogP contribution in [0.4, 0.5) is 5.82 Å². The van der Waals surface area contributed by atoms with Gasteiger partial charge in [0.25, 0.3) is 0 Å². The van der Waals surface area contributed by atoms with Crippen LogP contribution >= 0.6 is 0 Å². The number of nitrogens with one attached hydrogen (secondary N) is 1. The molecule has 1 saturated heterocycles. The first-order valence-electron chi connectivity index (χ1n) is 5.57. The molecule has 0 saturated carbocycles. The average molecular weight is 249 g/mol. The van der Waals surface area contributed by atoms with Gasteiger partial charge in [0.1, 0.15) is 6.10 Å². The number of anilines is 1. The van der Waals surface area contributed by atoms with Crippen molar-refractivity contribution < 1.29 is 14.3 Å². The van der Waals surface area contributed by atoms with Crippen molar-refractivity contribution in [1.82, 2.24) is 9.97 Å². The largest absolute Gasteiger partial charge is 0.347 e. The molecule has 0 spiro atoms. The Morgan fingerprint density at radius 3 is 2.83 bits per heavy atom. The summed E-state index contributed by atoms with van der Waals surface area (Å²) in [6.45, 7) is 7.49. The predicted molar refractivity (Wildman–Crippen MR) is 64.7 cm³/mol. The molecule has 1 aliphatic rings. The molecule has 6 nitrogen and oxygen atoms in total. The lowest BCUT2D eigenvalue weighted by Crippen LogP contribution is -2.19. The molecule has 1 aromatic rings. The third-order valence-corrected chi connectivity index (χ3v) is 2.45. The molecule has 2 rings (SSSR count). The lowest BCUT2D eigenvalue weighted by atomic mass is 10.3. The summed E-state index contributed by atoms with van der Waals surface area (Å²) in [6, 6.07) is 0. The third-order valence-electron chi connectivity index (χ3n) is 2.45. The number of amides is 1. The van der Waals surface area contributed by atoms with Crippen molar-refractivity contribution in [3.05, 3.63) is 30.7 Å². The average Bonchev–Trinajstić information content (AvgIpc) is 2.70. The summed E-state index contributed by atoms with van der Waals surface area (Å²) in [4.78, 5) is 19.3. The molecule has 0 aromatic carbocycles. The van der Waals surface area contributed by atoms with E-state index in [0.717, 1.165) is 0 Å². The van der Waals surface area contributed by atoms with Crippen molar-refractivity contribution in [3.8, 4) is 0 Å². The van der Waals surface area contributed by atoms with Crippen molar-refractivity contribution >= 4 is 11.7 Å². The fourth-order valence-electron chi connectivity index (χ4n) is 1.58. The molecule has 1 amide bonds. The van der Waals surface area contributed by atoms with Crippen LogP contribution in [0.5, 0.6) is 0 Å². The van der Waals surface area contributed by atoms with Gasteiger partial charge in [0.15, 0.2) is 11.6 Å². The normalized spacial score (nSPS) is 21.6. The summed E-state index contributed by atoms with van der Waals surface area (Å²) in [7, 11) is 0. The summed E-state index contributed by atoms with van der Waals surface area (Å²) in [5.41, 5.74) is 0.678. The number of ether oxygens (including phenoxy) is 2. The maximum Gasteiger partial charge on any atom is 0.248 e. The van der Waals surface area contributed by atoms with Crippen molar-refractivity contribution in [1.29, 1.82) is 0 Å². The number of carbonyl (C=O) groups is 1. The second-order valence-corrected chi connectivity index (χ2v) is 4.34. The van der Waals surface area contributed by atoms with E-state index in [-0.39, 0.29) is 12.0 Å². The van der Waals surface area contributed by atoms with E-state index in [0.29, 0.717) is 18.1 Å². The molecule has 1 N–H and O–H groups in total. The van der Waals surface area contributed by atoms with E-state index in [4.69, 9.17) is 9.47 Å². The SMILES string of the molecule is C=CC(=O)Nc1cnc([C@H]2COC(C)(C)O2)cn1. The van der Waals surface area contributed by atoms with Gasteiger partial charge in [-0.1, -0.05) is 6.58 Å². The van der Waals surface area contributed by atoms with Crippen molar-refractivity contribution in [2.75, 3.05) is 11.9 Å². The Kier molecular flexibility index (Phi) is 3.40. The first-order chi connectivity index (χ1) is 8.50. The molecule has 1 atom stereocenters. The predicted octanol–water partition coefficient (Wildman–Crippen LogP) is 1.43. The van der Waals surface area contributed by atoms with Crippen LogP contribution in [0.1, 0.15) is 25.6 Å². The molecule has 96 valence electrons. The molecule has 6 heteroatoms. The van der Waals surface area contributed by atoms with Crippen LogP contribution in [-0.2, 0) is 14.3 Å². The van der Waals surface area contributed by atoms with Crippen molar-refractivity contribution in [3.63, 3.8) is 0 Å². The highest BCUT2D eigenvalue weighted by molar-refractivity contribution is 5.98. The van der Waals surface area contributed by atoms with E-state index in [1.807, 2.05) is 13.8 Å². The number of rotatable bonds is 3. The first-order valence-corrected chi connectivity index (χ1v) is 5.57. The van der Waals surface area contributed by atoms with E-state index in [1.165, 1.54) is 12.3 Å². The maximum absolute atomic E-state index is 11.1. The van der Waals surface area contributed by atoms with Crippen LogP contribution in [0.2, 0.25) is 0 Å². The Labute approximate surface area is 105 Å². The highest BCUT2D eigenvalue weighted by Crippen LogP contribution is 2.31. The minimum atomic E-state index is -0.595. The molecular formula is C12H15N3O3. The molecule has 1 aromatic heterocycles. The Morgan fingerprint density at radius 2 is 2.33 bits per heavy atom. The monoisotopic (exact) mass is 249 g/mol. The van der Waals surface area contributed by atoms with Gasteiger partial charge in [-0.3, -0.25) is 9.78 Å². The molecule has 0 unspecified atom stereocenters. The fourth-order valence-corrected chi connectivity index (χ4v) is 1.58. The minimum absolute atomic E-state index is 0.225. The molecule has 0 aliphatic carbocycles. The Balaban J connectivity index is 2.04. The topological polar surface area (TPSA) is 73.3 Å². The lowest BCUT2D eigenvalue weighted by Gasteiger charge is -2.16. The van der Waals surface area contributed by atoms with Gasteiger partial charge in [-0.25, -0.2) is 4.98 Å². The van der Waals surface area contributed by atoms with E-state index in [1.54, 1.807) is 6.20 Å². The van der Waals surface area contributed by atoms with Crippen molar-refractivity contribution in [2.45, 2.75) is 25.7 Å². The van der Waals surface area contributed by atoms with Gasteiger partial charge in [-0.15, -0.1) is 0 Å². The second-order valence-electron chi connectivity index (χ2n) is 4.34. The Hall–Kier alpha value is -1.79. The number of nitrogens with zero attached hydrogens (tertiary/aromatic N) is 2. The van der Waals surface area contributed by atoms with E-state index in [2.05, 4.69) is 21.9 Å². The fraction of sp³-hybridized carbons (Fsp3) is 0.417. The number of hydrogen-bond acceptors (Lipinski definition) is 5. The van der Waals surface area contributed by atoms with Gasteiger partial charge in [0.05, 0.1) is 24.7 Å². The lowest BCUT2D eigenvalue weighted by molar-refractivity contribution is -0.139. The smallest absolute Gasteiger partial charge is 0.248 e. The Morgan fingerprint density at radius 1 is 1.56 bits per heavy atom. The standard InChI is InChI=1S/C12H15N3O3/c1-4-11(16)15-10-6-13-8(5-14-10)9-7-17-12(2,3)18-9/h4-6,9H,1,7H2,2-3H3,(H,14,15,16)/t9-/m1/s1. The molecule has 2 heterocycles. The van der Waals surface area contributed by atoms with E-state index >= 15 is 0 Å². The first kappa shape index (κ1) is 12.7. The molecule has 0 bridgehead atoms. The Bertz CT molecular complexity index is 456. The number of carbonyl (C=O) groups excluding carboxylic acids is 1. The molecule has 1 aliphatic heterocycles. The second kappa shape index (κ2) is 4.83. The highest BCUT2D eigenvalue weighted by Gasteiger charge is 2.34. The molecule has 1 fully saturated rings. The van der Waals surface area contributed by atoms with E-state index in [9.17, 15) is 4.79 Å². The van der Waals surface area contributed by atoms with Gasteiger partial charge in [-0.05, 0) is 19.9 Å². The summed E-state index contributed by atoms with van der Waals surface area (Å²) in [6.07, 6.45) is 3.99. The van der Waals surface area contributed by atoms with Gasteiger partial charge >= 0.3 is 0 Å². The highest BCUT2D eigenvalue weighted by atomic mass is 16.7. The van der Waals surface area contributed by atoms with Gasteiger partial charge in [-0.2, -0.15) is 0 Å². The molecular weight excluding hydrogens is 234 g/mol. The molecule has 0 radical (unpaired) electrons. The summed E-state index contributed by atoms with van der Waals surface area (Å²) in [5.74, 6) is -0.539. The minimum Gasteiger partial charge on any atom is -0.347 e. The van der Waals surface area contributed by atoms with E-state index < -0.39 is 5.79 Å². The third kappa shape index (κ3) is 2.91. The summed E-state index contributed by atoms with van der Waals surface area (Å²) >= 11 is 0. The van der Waals surface area contributed by atoms with Crippen LogP contribution in [0.3, 0.4) is 0 Å². The maximum atomic E-state index is 11.1. The zero-order chi connectivity index (χ0) is 13.2. The van der Waals surface area contributed by atoms with Gasteiger partial charge in [0, 0.05) is 0 Å². The van der Waals surface area contributed by atoms with Crippen LogP contribution in [-0.4, -0.2) is 28.3 Å². The quantitative estimate of drug-likeness (QED) is 0.820. The van der Waals surface area contributed by atoms with Crippen LogP contribution in [0.25, 0.3) is 0 Å². The van der Waals surface area contributed by atoms with Gasteiger partial charge < -0.3 is 14.8 Å². The summed E-state index contributed by atoms with van der Waals surface area (Å²) in [5, 5.41) is 2.52. The van der Waals surface area contributed by atoms with Crippen LogP contribution in [0.15, 0.2) is 25.0 Å².